The first kappa shape index (κ1) is 14.7. The van der Waals surface area contributed by atoms with Crippen LogP contribution in [-0.4, -0.2) is 41.8 Å². The molecule has 0 bridgehead atoms. The number of hydrogen-bond acceptors (Lipinski definition) is 4. The maximum Gasteiger partial charge on any atom is 0.266 e. The molecule has 0 radical (unpaired) electrons. The SMILES string of the molecule is C=CCOCC(=O)N1C(=S)OC[C@H]1Cc1ccccc1. The average Bonchev–Trinajstić information content (AvgIpc) is 2.81. The highest BCUT2D eigenvalue weighted by Gasteiger charge is 2.34. The van der Waals surface area contributed by atoms with Gasteiger partial charge in [0, 0.05) is 0 Å². The fraction of sp³-hybridized carbons (Fsp3) is 0.333. The zero-order valence-electron chi connectivity index (χ0n) is 11.2. The van der Waals surface area contributed by atoms with E-state index in [4.69, 9.17) is 21.7 Å². The van der Waals surface area contributed by atoms with Crippen LogP contribution in [0.3, 0.4) is 0 Å². The first-order chi connectivity index (χ1) is 9.72. The Morgan fingerprint density at radius 1 is 1.50 bits per heavy atom. The van der Waals surface area contributed by atoms with Crippen LogP contribution < -0.4 is 0 Å². The molecule has 1 atom stereocenters. The molecule has 1 amide bonds. The van der Waals surface area contributed by atoms with Crippen LogP contribution in [-0.2, 0) is 20.7 Å². The van der Waals surface area contributed by atoms with Crippen molar-refractivity contribution >= 4 is 23.3 Å². The number of thiocarbonyl (C=S) groups is 1. The molecule has 1 aliphatic heterocycles. The van der Waals surface area contributed by atoms with Gasteiger partial charge in [-0.25, -0.2) is 0 Å². The van der Waals surface area contributed by atoms with Gasteiger partial charge in [-0.1, -0.05) is 36.4 Å². The maximum atomic E-state index is 12.1. The quantitative estimate of drug-likeness (QED) is 0.456. The number of benzene rings is 1. The molecular formula is C15H17NO3S. The van der Waals surface area contributed by atoms with Gasteiger partial charge >= 0.3 is 0 Å². The summed E-state index contributed by atoms with van der Waals surface area (Å²) >= 11 is 5.10. The molecule has 4 nitrogen and oxygen atoms in total. The topological polar surface area (TPSA) is 38.8 Å². The van der Waals surface area contributed by atoms with E-state index >= 15 is 0 Å². The van der Waals surface area contributed by atoms with Gasteiger partial charge in [0.2, 0.25) is 0 Å². The Morgan fingerprint density at radius 2 is 2.25 bits per heavy atom. The zero-order chi connectivity index (χ0) is 14.4. The summed E-state index contributed by atoms with van der Waals surface area (Å²) in [7, 11) is 0. The number of nitrogens with zero attached hydrogens (tertiary/aromatic N) is 1. The summed E-state index contributed by atoms with van der Waals surface area (Å²) < 4.78 is 10.5. The first-order valence-electron chi connectivity index (χ1n) is 6.43. The van der Waals surface area contributed by atoms with Gasteiger partial charge in [0.25, 0.3) is 11.1 Å². The molecule has 0 aromatic heterocycles. The Kier molecular flexibility index (Phi) is 5.26. The van der Waals surface area contributed by atoms with E-state index in [2.05, 4.69) is 6.58 Å². The summed E-state index contributed by atoms with van der Waals surface area (Å²) in [6.07, 6.45) is 2.32. The third-order valence-corrected chi connectivity index (χ3v) is 3.32. The van der Waals surface area contributed by atoms with E-state index in [0.29, 0.717) is 19.6 Å². The Labute approximate surface area is 124 Å². The Balaban J connectivity index is 1.99. The van der Waals surface area contributed by atoms with Crippen LogP contribution in [0, 0.1) is 0 Å². The predicted molar refractivity (Wildman–Crippen MR) is 80.3 cm³/mol. The Bertz CT molecular complexity index is 489. The van der Waals surface area contributed by atoms with Crippen LogP contribution in [0.4, 0.5) is 0 Å². The lowest BCUT2D eigenvalue weighted by atomic mass is 10.1. The predicted octanol–water partition coefficient (Wildman–Crippen LogP) is 1.94. The summed E-state index contributed by atoms with van der Waals surface area (Å²) in [6.45, 7) is 4.30. The van der Waals surface area contributed by atoms with Crippen molar-refractivity contribution in [1.82, 2.24) is 4.90 Å². The van der Waals surface area contributed by atoms with E-state index in [-0.39, 0.29) is 23.7 Å². The second-order valence-corrected chi connectivity index (χ2v) is 4.84. The van der Waals surface area contributed by atoms with Gasteiger partial charge in [0.15, 0.2) is 0 Å². The van der Waals surface area contributed by atoms with Crippen molar-refractivity contribution in [3.63, 3.8) is 0 Å². The standard InChI is InChI=1S/C15H17NO3S/c1-2-8-18-11-14(17)16-13(10-19-15(16)20)9-12-6-4-3-5-7-12/h2-7,13H,1,8-11H2/t13-/m1/s1. The van der Waals surface area contributed by atoms with E-state index in [1.807, 2.05) is 30.3 Å². The van der Waals surface area contributed by atoms with Crippen LogP contribution in [0.25, 0.3) is 0 Å². The normalized spacial score (nSPS) is 17.9. The molecule has 0 N–H and O–H groups in total. The molecule has 1 aliphatic rings. The minimum atomic E-state index is -0.171. The fourth-order valence-electron chi connectivity index (χ4n) is 2.10. The van der Waals surface area contributed by atoms with Gasteiger partial charge in [-0.15, -0.1) is 6.58 Å². The molecule has 1 saturated heterocycles. The van der Waals surface area contributed by atoms with Gasteiger partial charge < -0.3 is 9.47 Å². The largest absolute Gasteiger partial charge is 0.468 e. The molecule has 20 heavy (non-hydrogen) atoms. The molecule has 1 aromatic rings. The lowest BCUT2D eigenvalue weighted by molar-refractivity contribution is -0.132. The second-order valence-electron chi connectivity index (χ2n) is 4.49. The summed E-state index contributed by atoms with van der Waals surface area (Å²) in [6, 6.07) is 9.90. The lowest BCUT2D eigenvalue weighted by Crippen LogP contribution is -2.42. The van der Waals surface area contributed by atoms with E-state index in [0.717, 1.165) is 5.56 Å². The highest BCUT2D eigenvalue weighted by atomic mass is 32.1. The Hall–Kier alpha value is -1.72. The monoisotopic (exact) mass is 291 g/mol. The van der Waals surface area contributed by atoms with E-state index in [1.165, 1.54) is 4.90 Å². The first-order valence-corrected chi connectivity index (χ1v) is 6.84. The summed E-state index contributed by atoms with van der Waals surface area (Å²) in [4.78, 5) is 13.6. The van der Waals surface area contributed by atoms with Crippen LogP contribution in [0.1, 0.15) is 5.56 Å². The van der Waals surface area contributed by atoms with E-state index < -0.39 is 0 Å². The number of carbonyl (C=O) groups excluding carboxylic acids is 1. The number of amides is 1. The number of hydrogen-bond donors (Lipinski definition) is 0. The van der Waals surface area contributed by atoms with Crippen molar-refractivity contribution in [3.05, 3.63) is 48.6 Å². The van der Waals surface area contributed by atoms with Crippen LogP contribution in [0.2, 0.25) is 0 Å². The zero-order valence-corrected chi connectivity index (χ0v) is 12.0. The van der Waals surface area contributed by atoms with Gasteiger partial charge in [-0.05, 0) is 24.2 Å². The molecular weight excluding hydrogens is 274 g/mol. The molecule has 1 heterocycles. The minimum absolute atomic E-state index is 0.0131. The van der Waals surface area contributed by atoms with E-state index in [1.54, 1.807) is 6.08 Å². The number of carbonyl (C=O) groups is 1. The third kappa shape index (κ3) is 3.65. The van der Waals surface area contributed by atoms with Crippen molar-refractivity contribution < 1.29 is 14.3 Å². The van der Waals surface area contributed by atoms with Crippen LogP contribution in [0.5, 0.6) is 0 Å². The summed E-state index contributed by atoms with van der Waals surface area (Å²) in [5, 5.41) is 0.234. The van der Waals surface area contributed by atoms with E-state index in [9.17, 15) is 4.79 Å². The number of rotatable bonds is 6. The minimum Gasteiger partial charge on any atom is -0.468 e. The number of ether oxygens (including phenoxy) is 2. The molecule has 0 spiro atoms. The molecule has 1 aromatic carbocycles. The van der Waals surface area contributed by atoms with Crippen LogP contribution >= 0.6 is 12.2 Å². The Morgan fingerprint density at radius 3 is 2.95 bits per heavy atom. The van der Waals surface area contributed by atoms with Gasteiger partial charge in [-0.3, -0.25) is 9.69 Å². The highest BCUT2D eigenvalue weighted by Crippen LogP contribution is 2.17. The molecule has 106 valence electrons. The van der Waals surface area contributed by atoms with Gasteiger partial charge in [-0.2, -0.15) is 0 Å². The third-order valence-electron chi connectivity index (χ3n) is 3.01. The van der Waals surface area contributed by atoms with Gasteiger partial charge in [0.1, 0.15) is 13.2 Å². The average molecular weight is 291 g/mol. The summed E-state index contributed by atoms with van der Waals surface area (Å²) in [5.74, 6) is -0.171. The lowest BCUT2D eigenvalue weighted by Gasteiger charge is -2.21. The van der Waals surface area contributed by atoms with Crippen molar-refractivity contribution in [3.8, 4) is 0 Å². The van der Waals surface area contributed by atoms with Crippen molar-refractivity contribution in [2.75, 3.05) is 19.8 Å². The molecule has 0 aliphatic carbocycles. The molecule has 5 heteroatoms. The molecule has 1 fully saturated rings. The molecule has 2 rings (SSSR count). The molecule has 0 unspecified atom stereocenters. The highest BCUT2D eigenvalue weighted by molar-refractivity contribution is 7.80. The van der Waals surface area contributed by atoms with Crippen LogP contribution in [0.15, 0.2) is 43.0 Å². The van der Waals surface area contributed by atoms with Crippen molar-refractivity contribution in [1.29, 1.82) is 0 Å². The molecule has 0 saturated carbocycles. The maximum absolute atomic E-state index is 12.1. The fourth-order valence-corrected chi connectivity index (χ4v) is 2.42. The van der Waals surface area contributed by atoms with Gasteiger partial charge in [0.05, 0.1) is 12.6 Å². The second kappa shape index (κ2) is 7.17. The van der Waals surface area contributed by atoms with Crippen molar-refractivity contribution in [2.24, 2.45) is 0 Å². The van der Waals surface area contributed by atoms with Crippen molar-refractivity contribution in [2.45, 2.75) is 12.5 Å². The smallest absolute Gasteiger partial charge is 0.266 e. The summed E-state index contributed by atoms with van der Waals surface area (Å²) in [5.41, 5.74) is 1.15.